The van der Waals surface area contributed by atoms with Crippen molar-refractivity contribution in [2.45, 2.75) is 6.92 Å². The van der Waals surface area contributed by atoms with Crippen LogP contribution in [0, 0.1) is 0 Å². The summed E-state index contributed by atoms with van der Waals surface area (Å²) >= 11 is 5.71. The number of ether oxygens (including phenoxy) is 1. The summed E-state index contributed by atoms with van der Waals surface area (Å²) < 4.78 is 4.95. The third-order valence-electron chi connectivity index (χ3n) is 2.97. The number of nitrogens with zero attached hydrogens (tertiary/aromatic N) is 1. The van der Waals surface area contributed by atoms with Gasteiger partial charge in [-0.05, 0) is 23.8 Å². The minimum Gasteiger partial charge on any atom is -0.451 e. The van der Waals surface area contributed by atoms with Crippen molar-refractivity contribution in [3.05, 3.63) is 64.9 Å². The van der Waals surface area contributed by atoms with Gasteiger partial charge in [0.1, 0.15) is 11.5 Å². The van der Waals surface area contributed by atoms with E-state index in [0.29, 0.717) is 10.6 Å². The Morgan fingerprint density at radius 3 is 2.50 bits per heavy atom. The molecule has 26 heavy (non-hydrogen) atoms. The van der Waals surface area contributed by atoms with Gasteiger partial charge in [0.25, 0.3) is 5.91 Å². The van der Waals surface area contributed by atoms with E-state index in [-0.39, 0.29) is 11.5 Å². The third kappa shape index (κ3) is 6.37. The van der Waals surface area contributed by atoms with Crippen LogP contribution in [0.3, 0.4) is 0 Å². The molecule has 2 rings (SSSR count). The number of esters is 1. The smallest absolute Gasteiger partial charge is 0.355 e. The molecule has 7 nitrogen and oxygen atoms in total. The summed E-state index contributed by atoms with van der Waals surface area (Å²) in [6.07, 6.45) is 2.84. The van der Waals surface area contributed by atoms with Gasteiger partial charge in [0.15, 0.2) is 6.61 Å². The van der Waals surface area contributed by atoms with E-state index in [0.717, 1.165) is 0 Å². The van der Waals surface area contributed by atoms with E-state index < -0.39 is 24.4 Å². The number of carbonyl (C=O) groups excluding carboxylic acids is 3. The first-order valence-corrected chi connectivity index (χ1v) is 7.94. The number of anilines is 1. The molecular weight excluding hydrogens is 358 g/mol. The lowest BCUT2D eigenvalue weighted by atomic mass is 10.2. The number of nitrogens with one attached hydrogen (secondary N) is 2. The molecule has 0 saturated heterocycles. The Morgan fingerprint density at radius 2 is 1.88 bits per heavy atom. The zero-order chi connectivity index (χ0) is 18.9. The van der Waals surface area contributed by atoms with E-state index in [2.05, 4.69) is 15.6 Å². The average Bonchev–Trinajstić information content (AvgIpc) is 2.61. The van der Waals surface area contributed by atoms with Crippen LogP contribution in [0.2, 0.25) is 5.02 Å². The fourth-order valence-electron chi connectivity index (χ4n) is 1.89. The van der Waals surface area contributed by atoms with E-state index in [1.54, 1.807) is 30.3 Å². The molecule has 0 saturated carbocycles. The molecule has 0 spiro atoms. The Kier molecular flexibility index (Phi) is 6.87. The first kappa shape index (κ1) is 19.1. The maximum Gasteiger partial charge on any atom is 0.355 e. The van der Waals surface area contributed by atoms with Crippen LogP contribution in [0.15, 0.2) is 54.4 Å². The second kappa shape index (κ2) is 9.33. The average molecular weight is 374 g/mol. The number of halogens is 1. The molecule has 134 valence electrons. The lowest BCUT2D eigenvalue weighted by Crippen LogP contribution is -2.29. The van der Waals surface area contributed by atoms with Gasteiger partial charge >= 0.3 is 5.97 Å². The topological polar surface area (TPSA) is 97.4 Å². The Hall–Kier alpha value is -3.19. The summed E-state index contributed by atoms with van der Waals surface area (Å²) in [6, 6.07) is 12.0. The normalized spacial score (nSPS) is 10.8. The van der Waals surface area contributed by atoms with Crippen molar-refractivity contribution in [2.75, 3.05) is 11.9 Å². The maximum atomic E-state index is 12.2. The molecule has 0 atom stereocenters. The third-order valence-corrected chi connectivity index (χ3v) is 3.19. The number of aromatic nitrogens is 1. The fraction of sp³-hybridized carbons (Fsp3) is 0.111. The lowest BCUT2D eigenvalue weighted by Gasteiger charge is -2.09. The summed E-state index contributed by atoms with van der Waals surface area (Å²) in [5.74, 6) is -1.56. The first-order chi connectivity index (χ1) is 12.4. The van der Waals surface area contributed by atoms with Crippen LogP contribution in [0.1, 0.15) is 12.5 Å². The highest BCUT2D eigenvalue weighted by Gasteiger charge is 2.15. The molecule has 0 fully saturated rings. The fourth-order valence-corrected chi connectivity index (χ4v) is 2.00. The van der Waals surface area contributed by atoms with E-state index in [9.17, 15) is 14.4 Å². The van der Waals surface area contributed by atoms with Gasteiger partial charge in [0.2, 0.25) is 5.91 Å². The highest BCUT2D eigenvalue weighted by molar-refractivity contribution is 6.30. The molecular formula is C18H16ClN3O4. The van der Waals surface area contributed by atoms with Crippen LogP contribution in [0.5, 0.6) is 0 Å². The van der Waals surface area contributed by atoms with Crippen LogP contribution in [-0.4, -0.2) is 29.4 Å². The predicted molar refractivity (Wildman–Crippen MR) is 97.1 cm³/mol. The number of hydrogen-bond donors (Lipinski definition) is 2. The molecule has 0 radical (unpaired) electrons. The minimum atomic E-state index is -0.830. The van der Waals surface area contributed by atoms with Gasteiger partial charge in [-0.25, -0.2) is 9.78 Å². The largest absolute Gasteiger partial charge is 0.451 e. The van der Waals surface area contributed by atoms with E-state index in [1.165, 1.54) is 25.3 Å². The van der Waals surface area contributed by atoms with Gasteiger partial charge in [0.05, 0.1) is 5.02 Å². The van der Waals surface area contributed by atoms with Crippen LogP contribution >= 0.6 is 11.6 Å². The number of rotatable bonds is 6. The molecule has 2 amide bonds. The van der Waals surface area contributed by atoms with E-state index >= 15 is 0 Å². The molecule has 1 heterocycles. The van der Waals surface area contributed by atoms with E-state index in [1.807, 2.05) is 6.07 Å². The Bertz CT molecular complexity index is 820. The van der Waals surface area contributed by atoms with Crippen molar-refractivity contribution in [3.8, 4) is 0 Å². The Morgan fingerprint density at radius 1 is 1.15 bits per heavy atom. The zero-order valence-corrected chi connectivity index (χ0v) is 14.6. The SMILES string of the molecule is CC(=O)NC(=Cc1ccccc1)C(=O)OCC(=O)Nc1ccc(Cl)cn1. The van der Waals surface area contributed by atoms with Crippen LogP contribution < -0.4 is 10.6 Å². The summed E-state index contributed by atoms with van der Waals surface area (Å²) in [5, 5.41) is 5.29. The van der Waals surface area contributed by atoms with Crippen molar-refractivity contribution in [3.63, 3.8) is 0 Å². The second-order valence-electron chi connectivity index (χ2n) is 5.14. The van der Waals surface area contributed by atoms with Crippen molar-refractivity contribution in [2.24, 2.45) is 0 Å². The predicted octanol–water partition coefficient (Wildman–Crippen LogP) is 2.39. The minimum absolute atomic E-state index is 0.0684. The molecule has 1 aromatic heterocycles. The number of amides is 2. The van der Waals surface area contributed by atoms with Gasteiger partial charge < -0.3 is 15.4 Å². The molecule has 2 aromatic rings. The summed E-state index contributed by atoms with van der Waals surface area (Å²) in [7, 11) is 0. The van der Waals surface area contributed by atoms with Crippen LogP contribution in [0.25, 0.3) is 6.08 Å². The summed E-state index contributed by atoms with van der Waals surface area (Å²) in [4.78, 5) is 39.2. The maximum absolute atomic E-state index is 12.2. The molecule has 0 aliphatic rings. The molecule has 0 aliphatic heterocycles. The zero-order valence-electron chi connectivity index (χ0n) is 13.9. The van der Waals surface area contributed by atoms with Gasteiger partial charge in [-0.1, -0.05) is 41.9 Å². The van der Waals surface area contributed by atoms with Crippen LogP contribution in [0.4, 0.5) is 5.82 Å². The summed E-state index contributed by atoms with van der Waals surface area (Å²) in [6.45, 7) is 0.736. The van der Waals surface area contributed by atoms with E-state index in [4.69, 9.17) is 16.3 Å². The molecule has 0 aliphatic carbocycles. The first-order valence-electron chi connectivity index (χ1n) is 7.57. The highest BCUT2D eigenvalue weighted by atomic mass is 35.5. The van der Waals surface area contributed by atoms with Crippen LogP contribution in [-0.2, 0) is 19.1 Å². The van der Waals surface area contributed by atoms with Crippen molar-refractivity contribution in [1.29, 1.82) is 0 Å². The lowest BCUT2D eigenvalue weighted by molar-refractivity contribution is -0.144. The van der Waals surface area contributed by atoms with Crippen molar-refractivity contribution in [1.82, 2.24) is 10.3 Å². The molecule has 1 aromatic carbocycles. The van der Waals surface area contributed by atoms with Gasteiger partial charge in [0, 0.05) is 13.1 Å². The molecule has 8 heteroatoms. The standard InChI is InChI=1S/C18H16ClN3O4/c1-12(23)21-15(9-13-5-3-2-4-6-13)18(25)26-11-17(24)22-16-8-7-14(19)10-20-16/h2-10H,11H2,1H3,(H,21,23)(H,20,22,24). The second-order valence-corrected chi connectivity index (χ2v) is 5.57. The molecule has 0 bridgehead atoms. The monoisotopic (exact) mass is 373 g/mol. The van der Waals surface area contributed by atoms with Crippen molar-refractivity contribution < 1.29 is 19.1 Å². The quantitative estimate of drug-likeness (QED) is 0.598. The van der Waals surface area contributed by atoms with Gasteiger partial charge in [-0.15, -0.1) is 0 Å². The number of hydrogen-bond acceptors (Lipinski definition) is 5. The Balaban J connectivity index is 1.98. The van der Waals surface area contributed by atoms with Gasteiger partial charge in [-0.2, -0.15) is 0 Å². The number of benzene rings is 1. The molecule has 2 N–H and O–H groups in total. The highest BCUT2D eigenvalue weighted by Crippen LogP contribution is 2.10. The van der Waals surface area contributed by atoms with Crippen molar-refractivity contribution >= 4 is 41.3 Å². The van der Waals surface area contributed by atoms with Gasteiger partial charge in [-0.3, -0.25) is 9.59 Å². The number of carbonyl (C=O) groups is 3. The molecule has 0 unspecified atom stereocenters. The Labute approximate surface area is 155 Å². The summed E-state index contributed by atoms with van der Waals surface area (Å²) in [5.41, 5.74) is 0.629. The number of pyridine rings is 1.